The number of aliphatic carboxylic acids is 2. The predicted octanol–water partition coefficient (Wildman–Crippen LogP) is 6.09. The van der Waals surface area contributed by atoms with Crippen LogP contribution in [0.5, 0.6) is 0 Å². The molecule has 0 aliphatic heterocycles. The Morgan fingerprint density at radius 2 is 1.00 bits per heavy atom. The van der Waals surface area contributed by atoms with E-state index in [4.69, 9.17) is 9.47 Å². The van der Waals surface area contributed by atoms with Crippen molar-refractivity contribution in [3.63, 3.8) is 0 Å². The maximum atomic E-state index is 12.6. The predicted molar refractivity (Wildman–Crippen MR) is 162 cm³/mol. The summed E-state index contributed by atoms with van der Waals surface area (Å²) in [5, 5.41) is 18.4. The minimum absolute atomic E-state index is 0.0640. The van der Waals surface area contributed by atoms with Gasteiger partial charge in [-0.1, -0.05) is 88.8 Å². The molecule has 238 valence electrons. The zero-order valence-electron chi connectivity index (χ0n) is 25.4. The van der Waals surface area contributed by atoms with Crippen molar-refractivity contribution in [1.82, 2.24) is 0 Å². The second-order valence-electron chi connectivity index (χ2n) is 10.7. The van der Waals surface area contributed by atoms with Crippen molar-refractivity contribution in [1.29, 1.82) is 0 Å². The van der Waals surface area contributed by atoms with Crippen LogP contribution in [0.1, 0.15) is 90.9 Å². The molecule has 2 aliphatic rings. The van der Waals surface area contributed by atoms with Crippen molar-refractivity contribution in [3.8, 4) is 0 Å². The van der Waals surface area contributed by atoms with E-state index in [0.29, 0.717) is 36.8 Å². The lowest BCUT2D eigenvalue weighted by Gasteiger charge is -2.17. The van der Waals surface area contributed by atoms with Crippen LogP contribution in [0.3, 0.4) is 0 Å². The van der Waals surface area contributed by atoms with Gasteiger partial charge < -0.3 is 19.7 Å². The van der Waals surface area contributed by atoms with Gasteiger partial charge >= 0.3 is 35.8 Å². The van der Waals surface area contributed by atoms with Crippen LogP contribution in [-0.4, -0.2) is 46.0 Å². The molecular weight excluding hydrogens is 568 g/mol. The highest BCUT2D eigenvalue weighted by atomic mass is 16.6. The molecule has 0 aromatic rings. The van der Waals surface area contributed by atoms with Gasteiger partial charge in [0.05, 0.1) is 11.1 Å². The van der Waals surface area contributed by atoms with Gasteiger partial charge in [-0.3, -0.25) is 19.2 Å². The summed E-state index contributed by atoms with van der Waals surface area (Å²) in [5.41, 5.74) is 1.13. The van der Waals surface area contributed by atoms with Gasteiger partial charge in [0.2, 0.25) is 0 Å². The van der Waals surface area contributed by atoms with Gasteiger partial charge in [-0.2, -0.15) is 0 Å². The molecule has 0 saturated carbocycles. The van der Waals surface area contributed by atoms with E-state index in [-0.39, 0.29) is 24.0 Å². The minimum atomic E-state index is -1.10. The molecule has 0 aromatic heterocycles. The zero-order chi connectivity index (χ0) is 32.5. The Morgan fingerprint density at radius 1 is 0.636 bits per heavy atom. The Bertz CT molecular complexity index is 1180. The van der Waals surface area contributed by atoms with Crippen LogP contribution in [0, 0.1) is 11.8 Å². The van der Waals surface area contributed by atoms with E-state index in [1.54, 1.807) is 12.2 Å². The highest BCUT2D eigenvalue weighted by Gasteiger charge is 2.28. The third-order valence-corrected chi connectivity index (χ3v) is 7.08. The first-order chi connectivity index (χ1) is 21.1. The topological polar surface area (TPSA) is 161 Å². The van der Waals surface area contributed by atoms with Crippen LogP contribution >= 0.6 is 0 Å². The van der Waals surface area contributed by atoms with E-state index < -0.39 is 47.7 Å². The quantitative estimate of drug-likeness (QED) is 0.112. The SMILES string of the molecule is CCCC=C1C=C(C(=O)O)C=CC1C(=O)OC(=O)CCCCCCCCC(=O)OC(=O)C1C=CC(C(=O)O)=CC1=CCCC. The average molecular weight is 611 g/mol. The van der Waals surface area contributed by atoms with E-state index in [9.17, 15) is 39.0 Å². The molecule has 2 unspecified atom stereocenters. The summed E-state index contributed by atoms with van der Waals surface area (Å²) in [6, 6.07) is 0. The second-order valence-corrected chi connectivity index (χ2v) is 10.7. The van der Waals surface area contributed by atoms with Gasteiger partial charge in [0, 0.05) is 12.8 Å². The van der Waals surface area contributed by atoms with Gasteiger partial charge in [-0.15, -0.1) is 0 Å². The smallest absolute Gasteiger partial charge is 0.335 e. The van der Waals surface area contributed by atoms with Crippen molar-refractivity contribution in [3.05, 3.63) is 70.9 Å². The summed E-state index contributed by atoms with van der Waals surface area (Å²) >= 11 is 0. The van der Waals surface area contributed by atoms with Gasteiger partial charge in [0.25, 0.3) is 0 Å². The van der Waals surface area contributed by atoms with Crippen molar-refractivity contribution >= 4 is 35.8 Å². The van der Waals surface area contributed by atoms with Crippen LogP contribution in [0.2, 0.25) is 0 Å². The summed E-state index contributed by atoms with van der Waals surface area (Å²) in [4.78, 5) is 72.1. The molecule has 2 aliphatic carbocycles. The fraction of sp³-hybridized carbons (Fsp3) is 0.471. The number of esters is 4. The Kier molecular flexibility index (Phi) is 15.5. The number of unbranched alkanes of at least 4 members (excludes halogenated alkanes) is 7. The Balaban J connectivity index is 1.65. The van der Waals surface area contributed by atoms with Crippen molar-refractivity contribution in [2.45, 2.75) is 90.9 Å². The van der Waals surface area contributed by atoms with Crippen LogP contribution in [0.4, 0.5) is 0 Å². The molecule has 2 atom stereocenters. The van der Waals surface area contributed by atoms with Gasteiger partial charge in [0.1, 0.15) is 11.8 Å². The number of rotatable bonds is 17. The van der Waals surface area contributed by atoms with E-state index in [1.807, 2.05) is 13.8 Å². The van der Waals surface area contributed by atoms with Gasteiger partial charge in [-0.25, -0.2) is 9.59 Å². The van der Waals surface area contributed by atoms with Gasteiger partial charge in [-0.05, 0) is 49.0 Å². The third-order valence-electron chi connectivity index (χ3n) is 7.08. The molecule has 0 aromatic carbocycles. The lowest BCUT2D eigenvalue weighted by Crippen LogP contribution is -2.23. The van der Waals surface area contributed by atoms with Crippen LogP contribution in [0.15, 0.2) is 70.9 Å². The monoisotopic (exact) mass is 610 g/mol. The number of ether oxygens (including phenoxy) is 2. The number of hydrogen-bond donors (Lipinski definition) is 2. The molecule has 0 saturated heterocycles. The fourth-order valence-electron chi connectivity index (χ4n) is 4.65. The molecule has 0 bridgehead atoms. The lowest BCUT2D eigenvalue weighted by atomic mass is 9.90. The summed E-state index contributed by atoms with van der Waals surface area (Å²) in [6.45, 7) is 3.92. The van der Waals surface area contributed by atoms with E-state index in [1.165, 1.54) is 36.5 Å². The highest BCUT2D eigenvalue weighted by molar-refractivity contribution is 5.95. The third kappa shape index (κ3) is 12.1. The molecule has 10 nitrogen and oxygen atoms in total. The number of hydrogen-bond acceptors (Lipinski definition) is 8. The van der Waals surface area contributed by atoms with Crippen molar-refractivity contribution in [2.75, 3.05) is 0 Å². The van der Waals surface area contributed by atoms with Crippen molar-refractivity contribution in [2.24, 2.45) is 11.8 Å². The average Bonchev–Trinajstić information content (AvgIpc) is 2.99. The zero-order valence-corrected chi connectivity index (χ0v) is 25.4. The lowest BCUT2D eigenvalue weighted by molar-refractivity contribution is -0.162. The highest BCUT2D eigenvalue weighted by Crippen LogP contribution is 2.26. The summed E-state index contributed by atoms with van der Waals surface area (Å²) in [6.07, 6.45) is 19.2. The van der Waals surface area contributed by atoms with Crippen molar-refractivity contribution < 1.29 is 48.5 Å². The maximum absolute atomic E-state index is 12.6. The molecule has 0 amide bonds. The van der Waals surface area contributed by atoms with Crippen LogP contribution in [0.25, 0.3) is 0 Å². The largest absolute Gasteiger partial charge is 0.478 e. The Labute approximate surface area is 257 Å². The van der Waals surface area contributed by atoms with E-state index in [0.717, 1.165) is 38.5 Å². The molecule has 44 heavy (non-hydrogen) atoms. The number of carboxylic acids is 2. The fourth-order valence-corrected chi connectivity index (χ4v) is 4.65. The number of carbonyl (C=O) groups is 6. The van der Waals surface area contributed by atoms with E-state index in [2.05, 4.69) is 0 Å². The molecule has 0 fully saturated rings. The molecule has 2 N–H and O–H groups in total. The molecule has 0 heterocycles. The summed E-state index contributed by atoms with van der Waals surface area (Å²) < 4.78 is 10.0. The first-order valence-electron chi connectivity index (χ1n) is 15.2. The Morgan fingerprint density at radius 3 is 1.34 bits per heavy atom. The van der Waals surface area contributed by atoms with Gasteiger partial charge in [0.15, 0.2) is 0 Å². The molecular formula is C34H42O10. The summed E-state index contributed by atoms with van der Waals surface area (Å²) in [7, 11) is 0. The van der Waals surface area contributed by atoms with E-state index >= 15 is 0 Å². The number of carboxylic acid groups (broad SMARTS) is 2. The standard InChI is InChI=1S/C34H42O10/c1-3-5-13-23-21-25(31(37)38)17-19-27(23)33(41)43-29(35)15-11-9-7-8-10-12-16-30(36)44-34(42)28-20-18-26(32(39)40)22-24(28)14-6-4-2/h13-14,17-22,27-28H,3-12,15-16H2,1-2H3,(H,37,38)(H,39,40). The number of carbonyl (C=O) groups excluding carboxylic acids is 4. The van der Waals surface area contributed by atoms with Crippen LogP contribution in [-0.2, 0) is 38.2 Å². The molecule has 0 radical (unpaired) electrons. The minimum Gasteiger partial charge on any atom is -0.478 e. The second kappa shape index (κ2) is 19.0. The molecule has 10 heteroatoms. The first kappa shape index (κ1) is 35.9. The number of allylic oxidation sites excluding steroid dienone is 4. The first-order valence-corrected chi connectivity index (χ1v) is 15.2. The molecule has 0 spiro atoms. The Hall–Kier alpha value is -4.34. The maximum Gasteiger partial charge on any atom is 0.335 e. The van der Waals surface area contributed by atoms with Crippen LogP contribution < -0.4 is 0 Å². The molecule has 2 rings (SSSR count). The summed E-state index contributed by atoms with van der Waals surface area (Å²) in [5.74, 6) is -6.56. The normalized spacial score (nSPS) is 19.3.